The normalized spacial score (nSPS) is 9.23. The molecule has 0 aliphatic heterocycles. The van der Waals surface area contributed by atoms with Gasteiger partial charge in [-0.15, -0.1) is 12.4 Å². The molecule has 0 unspecified atom stereocenters. The minimum atomic E-state index is 0. The lowest BCUT2D eigenvalue weighted by Crippen LogP contribution is -1.98. The molecule has 0 aliphatic carbocycles. The van der Waals surface area contributed by atoms with Gasteiger partial charge in [0.15, 0.2) is 0 Å². The van der Waals surface area contributed by atoms with Crippen LogP contribution in [0.5, 0.6) is 5.75 Å². The Balaban J connectivity index is 0.00000144. The van der Waals surface area contributed by atoms with Crippen LogP contribution >= 0.6 is 35.6 Å². The van der Waals surface area contributed by atoms with E-state index in [9.17, 15) is 0 Å². The molecule has 0 spiro atoms. The lowest BCUT2D eigenvalue weighted by Gasteiger charge is -2.06. The minimum Gasteiger partial charge on any atom is -0.497 e. The van der Waals surface area contributed by atoms with Gasteiger partial charge in [0.05, 0.1) is 17.2 Å². The van der Waals surface area contributed by atoms with Gasteiger partial charge in [0, 0.05) is 12.1 Å². The molecular formula is C8H10Cl3NO. The number of ether oxygens (including phenoxy) is 1. The second-order valence-corrected chi connectivity index (χ2v) is 3.09. The Morgan fingerprint density at radius 3 is 2.08 bits per heavy atom. The first-order chi connectivity index (χ1) is 5.69. The van der Waals surface area contributed by atoms with Crippen molar-refractivity contribution < 1.29 is 4.74 Å². The third kappa shape index (κ3) is 2.92. The summed E-state index contributed by atoms with van der Waals surface area (Å²) in [6.07, 6.45) is 0. The maximum Gasteiger partial charge on any atom is 0.121 e. The SMILES string of the molecule is COc1cc(Cl)c(CN)c(Cl)c1.Cl. The molecule has 0 heterocycles. The van der Waals surface area contributed by atoms with Crippen molar-refractivity contribution in [2.24, 2.45) is 5.73 Å². The zero-order valence-electron chi connectivity index (χ0n) is 7.01. The Morgan fingerprint density at radius 1 is 1.31 bits per heavy atom. The molecule has 0 saturated heterocycles. The van der Waals surface area contributed by atoms with Crippen LogP contribution in [-0.2, 0) is 6.54 Å². The summed E-state index contributed by atoms with van der Waals surface area (Å²) in [4.78, 5) is 0. The first kappa shape index (κ1) is 12.8. The van der Waals surface area contributed by atoms with Gasteiger partial charge in [0.1, 0.15) is 5.75 Å². The van der Waals surface area contributed by atoms with E-state index in [1.54, 1.807) is 19.2 Å². The van der Waals surface area contributed by atoms with Gasteiger partial charge in [0.25, 0.3) is 0 Å². The van der Waals surface area contributed by atoms with Gasteiger partial charge >= 0.3 is 0 Å². The van der Waals surface area contributed by atoms with E-state index in [0.29, 0.717) is 22.3 Å². The molecule has 0 amide bonds. The van der Waals surface area contributed by atoms with E-state index in [-0.39, 0.29) is 12.4 Å². The Labute approximate surface area is 93.4 Å². The number of methoxy groups -OCH3 is 1. The number of hydrogen-bond acceptors (Lipinski definition) is 2. The van der Waals surface area contributed by atoms with Gasteiger partial charge in [-0.2, -0.15) is 0 Å². The van der Waals surface area contributed by atoms with Crippen LogP contribution in [0.15, 0.2) is 12.1 Å². The van der Waals surface area contributed by atoms with Crippen molar-refractivity contribution in [1.82, 2.24) is 0 Å². The van der Waals surface area contributed by atoms with Crippen LogP contribution < -0.4 is 10.5 Å². The number of halogens is 3. The van der Waals surface area contributed by atoms with Crippen LogP contribution in [0.1, 0.15) is 5.56 Å². The first-order valence-corrected chi connectivity index (χ1v) is 4.16. The summed E-state index contributed by atoms with van der Waals surface area (Å²) in [5.74, 6) is 0.641. The van der Waals surface area contributed by atoms with E-state index < -0.39 is 0 Å². The maximum absolute atomic E-state index is 5.87. The zero-order chi connectivity index (χ0) is 9.14. The Hall–Kier alpha value is -0.150. The van der Waals surface area contributed by atoms with Crippen molar-refractivity contribution in [3.05, 3.63) is 27.7 Å². The highest BCUT2D eigenvalue weighted by atomic mass is 35.5. The van der Waals surface area contributed by atoms with E-state index in [1.807, 2.05) is 0 Å². The molecule has 2 N–H and O–H groups in total. The van der Waals surface area contributed by atoms with E-state index in [0.717, 1.165) is 5.56 Å². The average Bonchev–Trinajstić information content (AvgIpc) is 2.03. The average molecular weight is 243 g/mol. The van der Waals surface area contributed by atoms with Crippen LogP contribution in [0.2, 0.25) is 10.0 Å². The summed E-state index contributed by atoms with van der Waals surface area (Å²) in [6.45, 7) is 0.335. The molecule has 0 aliphatic rings. The van der Waals surface area contributed by atoms with Gasteiger partial charge in [-0.25, -0.2) is 0 Å². The molecular weight excluding hydrogens is 232 g/mol. The smallest absolute Gasteiger partial charge is 0.121 e. The topological polar surface area (TPSA) is 35.2 Å². The highest BCUT2D eigenvalue weighted by Crippen LogP contribution is 2.29. The van der Waals surface area contributed by atoms with Gasteiger partial charge in [-0.3, -0.25) is 0 Å². The Morgan fingerprint density at radius 2 is 1.77 bits per heavy atom. The number of benzene rings is 1. The lowest BCUT2D eigenvalue weighted by molar-refractivity contribution is 0.414. The van der Waals surface area contributed by atoms with Gasteiger partial charge in [-0.05, 0) is 12.1 Å². The molecule has 1 aromatic rings. The zero-order valence-corrected chi connectivity index (χ0v) is 9.34. The van der Waals surface area contributed by atoms with Crippen molar-refractivity contribution in [2.75, 3.05) is 7.11 Å². The molecule has 0 bridgehead atoms. The molecule has 5 heteroatoms. The quantitative estimate of drug-likeness (QED) is 0.865. The van der Waals surface area contributed by atoms with Crippen LogP contribution in [0.3, 0.4) is 0 Å². The highest BCUT2D eigenvalue weighted by Gasteiger charge is 2.06. The summed E-state index contributed by atoms with van der Waals surface area (Å²) in [7, 11) is 1.56. The van der Waals surface area contributed by atoms with Gasteiger partial charge in [0.2, 0.25) is 0 Å². The fourth-order valence-electron chi connectivity index (χ4n) is 0.893. The molecule has 0 radical (unpaired) electrons. The standard InChI is InChI=1S/C8H9Cl2NO.ClH/c1-12-5-2-7(9)6(4-11)8(10)3-5;/h2-3H,4,11H2,1H3;1H. The second kappa shape index (κ2) is 5.55. The van der Waals surface area contributed by atoms with E-state index in [4.69, 9.17) is 33.7 Å². The Bertz CT molecular complexity index is 268. The van der Waals surface area contributed by atoms with Crippen LogP contribution in [0, 0.1) is 0 Å². The van der Waals surface area contributed by atoms with Crippen LogP contribution in [0.25, 0.3) is 0 Å². The van der Waals surface area contributed by atoms with E-state index in [1.165, 1.54) is 0 Å². The molecule has 0 atom stereocenters. The maximum atomic E-state index is 5.87. The number of nitrogens with two attached hydrogens (primary N) is 1. The predicted molar refractivity (Wildman–Crippen MR) is 58.2 cm³/mol. The molecule has 1 aromatic carbocycles. The minimum absolute atomic E-state index is 0. The van der Waals surface area contributed by atoms with E-state index >= 15 is 0 Å². The fourth-order valence-corrected chi connectivity index (χ4v) is 1.51. The molecule has 74 valence electrons. The largest absolute Gasteiger partial charge is 0.497 e. The summed E-state index contributed by atoms with van der Waals surface area (Å²) >= 11 is 11.7. The summed E-state index contributed by atoms with van der Waals surface area (Å²) in [6, 6.07) is 3.38. The van der Waals surface area contributed by atoms with Crippen molar-refractivity contribution >= 4 is 35.6 Å². The third-order valence-corrected chi connectivity index (χ3v) is 2.23. The van der Waals surface area contributed by atoms with E-state index in [2.05, 4.69) is 0 Å². The summed E-state index contributed by atoms with van der Waals surface area (Å²) in [5.41, 5.74) is 6.18. The molecule has 0 saturated carbocycles. The van der Waals surface area contributed by atoms with Crippen LogP contribution in [-0.4, -0.2) is 7.11 Å². The van der Waals surface area contributed by atoms with Crippen molar-refractivity contribution in [3.8, 4) is 5.75 Å². The van der Waals surface area contributed by atoms with Gasteiger partial charge in [-0.1, -0.05) is 23.2 Å². The number of rotatable bonds is 2. The third-order valence-electron chi connectivity index (χ3n) is 1.55. The lowest BCUT2D eigenvalue weighted by atomic mass is 10.2. The molecule has 1 rings (SSSR count). The fraction of sp³-hybridized carbons (Fsp3) is 0.250. The Kier molecular flexibility index (Phi) is 5.49. The van der Waals surface area contributed by atoms with Crippen molar-refractivity contribution in [2.45, 2.75) is 6.54 Å². The number of hydrogen-bond donors (Lipinski definition) is 1. The van der Waals surface area contributed by atoms with Crippen LogP contribution in [0.4, 0.5) is 0 Å². The predicted octanol–water partition coefficient (Wildman–Crippen LogP) is 2.88. The van der Waals surface area contributed by atoms with Crippen molar-refractivity contribution in [1.29, 1.82) is 0 Å². The molecule has 2 nitrogen and oxygen atoms in total. The van der Waals surface area contributed by atoms with Gasteiger partial charge < -0.3 is 10.5 Å². The summed E-state index contributed by atoms with van der Waals surface area (Å²) in [5, 5.41) is 1.09. The summed E-state index contributed by atoms with van der Waals surface area (Å²) < 4.78 is 4.97. The molecule has 13 heavy (non-hydrogen) atoms. The van der Waals surface area contributed by atoms with Crippen molar-refractivity contribution in [3.63, 3.8) is 0 Å². The molecule has 0 aromatic heterocycles. The first-order valence-electron chi connectivity index (χ1n) is 3.41. The molecule has 0 fully saturated rings. The highest BCUT2D eigenvalue weighted by molar-refractivity contribution is 6.36. The monoisotopic (exact) mass is 241 g/mol. The second-order valence-electron chi connectivity index (χ2n) is 2.27.